The number of hydrogen-bond acceptors (Lipinski definition) is 3. The Kier molecular flexibility index (Phi) is 4.98. The van der Waals surface area contributed by atoms with Crippen molar-refractivity contribution in [3.05, 3.63) is 0 Å². The molecule has 4 nitrogen and oxygen atoms in total. The molecule has 1 rings (SSSR count). The molecular weight excluding hydrogens is 236 g/mol. The zero-order valence-electron chi connectivity index (χ0n) is 11.3. The second-order valence-electron chi connectivity index (χ2n) is 5.47. The van der Waals surface area contributed by atoms with Gasteiger partial charge in [0.15, 0.2) is 0 Å². The summed E-state index contributed by atoms with van der Waals surface area (Å²) >= 11 is 0. The van der Waals surface area contributed by atoms with Crippen LogP contribution in [-0.4, -0.2) is 37.1 Å². The van der Waals surface area contributed by atoms with Crippen LogP contribution in [0.1, 0.15) is 46.5 Å². The quantitative estimate of drug-likeness (QED) is 0.790. The Bertz CT molecular complexity index is 332. The van der Waals surface area contributed by atoms with Crippen molar-refractivity contribution < 1.29 is 8.42 Å². The van der Waals surface area contributed by atoms with Crippen LogP contribution in [0.5, 0.6) is 0 Å². The van der Waals surface area contributed by atoms with Gasteiger partial charge < -0.3 is 5.73 Å². The minimum absolute atomic E-state index is 0.158. The van der Waals surface area contributed by atoms with E-state index >= 15 is 0 Å². The van der Waals surface area contributed by atoms with Crippen molar-refractivity contribution in [3.8, 4) is 0 Å². The molecule has 1 saturated carbocycles. The lowest BCUT2D eigenvalue weighted by Crippen LogP contribution is -2.55. The van der Waals surface area contributed by atoms with Crippen LogP contribution in [0, 0.1) is 5.92 Å². The maximum absolute atomic E-state index is 12.4. The van der Waals surface area contributed by atoms with E-state index in [-0.39, 0.29) is 17.2 Å². The summed E-state index contributed by atoms with van der Waals surface area (Å²) in [6.45, 7) is 6.77. The van der Waals surface area contributed by atoms with Gasteiger partial charge in [-0.15, -0.1) is 0 Å². The molecule has 0 amide bonds. The molecular formula is C12H26N2O2S. The topological polar surface area (TPSA) is 63.4 Å². The van der Waals surface area contributed by atoms with Gasteiger partial charge in [0, 0.05) is 18.6 Å². The van der Waals surface area contributed by atoms with E-state index in [4.69, 9.17) is 5.73 Å². The van der Waals surface area contributed by atoms with E-state index in [1.165, 1.54) is 0 Å². The molecule has 0 unspecified atom stereocenters. The fourth-order valence-electron chi connectivity index (χ4n) is 2.93. The van der Waals surface area contributed by atoms with Crippen molar-refractivity contribution in [1.29, 1.82) is 0 Å². The SMILES string of the molecule is CCN(C1(CN)CCCC1)S(=O)(=O)CC(C)C. The summed E-state index contributed by atoms with van der Waals surface area (Å²) in [5, 5.41) is 0. The first-order valence-corrected chi connectivity index (χ1v) is 8.19. The zero-order valence-corrected chi connectivity index (χ0v) is 12.1. The normalized spacial score (nSPS) is 20.4. The third-order valence-corrected chi connectivity index (χ3v) is 6.02. The van der Waals surface area contributed by atoms with Gasteiger partial charge >= 0.3 is 0 Å². The van der Waals surface area contributed by atoms with Gasteiger partial charge in [0.25, 0.3) is 0 Å². The van der Waals surface area contributed by atoms with Crippen LogP contribution in [0.2, 0.25) is 0 Å². The van der Waals surface area contributed by atoms with Crippen LogP contribution in [0.4, 0.5) is 0 Å². The average molecular weight is 262 g/mol. The van der Waals surface area contributed by atoms with Crippen molar-refractivity contribution in [3.63, 3.8) is 0 Å². The minimum Gasteiger partial charge on any atom is -0.329 e. The summed E-state index contributed by atoms with van der Waals surface area (Å²) < 4.78 is 26.5. The van der Waals surface area contributed by atoms with Crippen LogP contribution in [0.3, 0.4) is 0 Å². The molecule has 0 radical (unpaired) electrons. The third kappa shape index (κ3) is 3.20. The molecule has 1 fully saturated rings. The van der Waals surface area contributed by atoms with Crippen molar-refractivity contribution in [2.24, 2.45) is 11.7 Å². The standard InChI is InChI=1S/C12H26N2O2S/c1-4-14(17(15,16)9-11(2)3)12(10-13)7-5-6-8-12/h11H,4-10,13H2,1-3H3. The molecule has 0 aromatic heterocycles. The largest absolute Gasteiger partial charge is 0.329 e. The van der Waals surface area contributed by atoms with Crippen molar-refractivity contribution >= 4 is 10.0 Å². The smallest absolute Gasteiger partial charge is 0.214 e. The molecule has 0 aromatic rings. The molecule has 1 aliphatic rings. The highest BCUT2D eigenvalue weighted by atomic mass is 32.2. The Morgan fingerprint density at radius 2 is 1.82 bits per heavy atom. The molecule has 0 aromatic carbocycles. The molecule has 1 aliphatic carbocycles. The predicted molar refractivity (Wildman–Crippen MR) is 71.3 cm³/mol. The first-order valence-electron chi connectivity index (χ1n) is 6.58. The summed E-state index contributed by atoms with van der Waals surface area (Å²) in [5.41, 5.74) is 5.56. The van der Waals surface area contributed by atoms with Crippen LogP contribution in [-0.2, 0) is 10.0 Å². The zero-order chi connectivity index (χ0) is 13.1. The first-order chi connectivity index (χ1) is 7.88. The van der Waals surface area contributed by atoms with Crippen LogP contribution in [0.25, 0.3) is 0 Å². The third-order valence-electron chi connectivity index (χ3n) is 3.61. The minimum atomic E-state index is -3.17. The van der Waals surface area contributed by atoms with E-state index in [1.807, 2.05) is 20.8 Å². The number of nitrogens with two attached hydrogens (primary N) is 1. The van der Waals surface area contributed by atoms with Crippen LogP contribution < -0.4 is 5.73 Å². The summed E-state index contributed by atoms with van der Waals surface area (Å²) in [5.74, 6) is 0.382. The lowest BCUT2D eigenvalue weighted by atomic mass is 9.98. The van der Waals surface area contributed by atoms with Gasteiger partial charge in [-0.2, -0.15) is 4.31 Å². The van der Waals surface area contributed by atoms with Gasteiger partial charge in [0.05, 0.1) is 5.75 Å². The molecule has 0 heterocycles. The molecule has 0 saturated heterocycles. The molecule has 102 valence electrons. The highest BCUT2D eigenvalue weighted by Gasteiger charge is 2.43. The van der Waals surface area contributed by atoms with Crippen molar-refractivity contribution in [2.45, 2.75) is 52.0 Å². The van der Waals surface area contributed by atoms with Gasteiger partial charge in [-0.25, -0.2) is 8.42 Å². The van der Waals surface area contributed by atoms with E-state index in [2.05, 4.69) is 0 Å². The van der Waals surface area contributed by atoms with E-state index in [0.29, 0.717) is 13.1 Å². The van der Waals surface area contributed by atoms with Gasteiger partial charge in [0.1, 0.15) is 0 Å². The molecule has 5 heteroatoms. The van der Waals surface area contributed by atoms with Crippen molar-refractivity contribution in [1.82, 2.24) is 4.31 Å². The number of nitrogens with zero attached hydrogens (tertiary/aromatic N) is 1. The van der Waals surface area contributed by atoms with Gasteiger partial charge in [-0.1, -0.05) is 33.6 Å². The van der Waals surface area contributed by atoms with Gasteiger partial charge in [0.2, 0.25) is 10.0 Å². The maximum atomic E-state index is 12.4. The molecule has 0 aliphatic heterocycles. The Balaban J connectivity index is 2.97. The first kappa shape index (κ1) is 14.9. The fraction of sp³-hybridized carbons (Fsp3) is 1.00. The molecule has 0 spiro atoms. The Labute approximate surface area is 106 Å². The Hall–Kier alpha value is -0.130. The number of sulfonamides is 1. The summed E-state index contributed by atoms with van der Waals surface area (Å²) in [6, 6.07) is 0. The van der Waals surface area contributed by atoms with E-state index < -0.39 is 10.0 Å². The fourth-order valence-corrected chi connectivity index (χ4v) is 5.19. The second-order valence-corrected chi connectivity index (χ2v) is 7.41. The van der Waals surface area contributed by atoms with E-state index in [0.717, 1.165) is 25.7 Å². The number of hydrogen-bond donors (Lipinski definition) is 1. The number of likely N-dealkylation sites (N-methyl/N-ethyl adjacent to an activating group) is 1. The second kappa shape index (κ2) is 5.67. The lowest BCUT2D eigenvalue weighted by molar-refractivity contribution is 0.204. The monoisotopic (exact) mass is 262 g/mol. The molecule has 0 atom stereocenters. The summed E-state index contributed by atoms with van der Waals surface area (Å²) in [4.78, 5) is 0. The highest BCUT2D eigenvalue weighted by Crippen LogP contribution is 2.36. The van der Waals surface area contributed by atoms with E-state index in [1.54, 1.807) is 4.31 Å². The average Bonchev–Trinajstić information content (AvgIpc) is 2.66. The van der Waals surface area contributed by atoms with Gasteiger partial charge in [-0.3, -0.25) is 0 Å². The molecule has 0 bridgehead atoms. The summed E-state index contributed by atoms with van der Waals surface area (Å²) in [7, 11) is -3.17. The van der Waals surface area contributed by atoms with Gasteiger partial charge in [-0.05, 0) is 18.8 Å². The molecule has 2 N–H and O–H groups in total. The van der Waals surface area contributed by atoms with Crippen LogP contribution in [0.15, 0.2) is 0 Å². The Morgan fingerprint density at radius 1 is 1.29 bits per heavy atom. The van der Waals surface area contributed by atoms with Crippen molar-refractivity contribution in [2.75, 3.05) is 18.8 Å². The van der Waals surface area contributed by atoms with E-state index in [9.17, 15) is 8.42 Å². The number of rotatable bonds is 6. The predicted octanol–water partition coefficient (Wildman–Crippen LogP) is 1.57. The van der Waals surface area contributed by atoms with Crippen LogP contribution >= 0.6 is 0 Å². The Morgan fingerprint density at radius 3 is 2.18 bits per heavy atom. The highest BCUT2D eigenvalue weighted by molar-refractivity contribution is 7.89. The lowest BCUT2D eigenvalue weighted by Gasteiger charge is -2.39. The summed E-state index contributed by atoms with van der Waals surface area (Å²) in [6.07, 6.45) is 4.00. The molecule has 17 heavy (non-hydrogen) atoms. The maximum Gasteiger partial charge on any atom is 0.214 e.